The van der Waals surface area contributed by atoms with Crippen LogP contribution in [0, 0.1) is 0 Å². The first-order valence-corrected chi connectivity index (χ1v) is 18.9. The van der Waals surface area contributed by atoms with E-state index in [0.717, 1.165) is 25.7 Å². The van der Waals surface area contributed by atoms with Gasteiger partial charge in [0.1, 0.15) is 0 Å². The van der Waals surface area contributed by atoms with Gasteiger partial charge in [-0.15, -0.1) is 0 Å². The van der Waals surface area contributed by atoms with Crippen molar-refractivity contribution in [1.82, 2.24) is 9.13 Å². The Morgan fingerprint density at radius 1 is 0.354 bits per heavy atom. The molecular weight excluding hydrogens is 581 g/mol. The number of fused-ring (bicyclic) bond motifs is 6. The summed E-state index contributed by atoms with van der Waals surface area (Å²) in [5, 5.41) is 5.49. The molecule has 0 aliphatic carbocycles. The first-order valence-electron chi connectivity index (χ1n) is 18.9. The van der Waals surface area contributed by atoms with Gasteiger partial charge in [-0.05, 0) is 140 Å². The fraction of sp³-hybridized carbons (Fsp3) is 0.348. The molecule has 2 nitrogen and oxygen atoms in total. The molecule has 0 fully saturated rings. The van der Waals surface area contributed by atoms with Gasteiger partial charge >= 0.3 is 0 Å². The van der Waals surface area contributed by atoms with Gasteiger partial charge in [0.15, 0.2) is 0 Å². The van der Waals surface area contributed by atoms with E-state index in [1.54, 1.807) is 0 Å². The average Bonchev–Trinajstić information content (AvgIpc) is 3.62. The van der Waals surface area contributed by atoms with Crippen LogP contribution in [0.15, 0.2) is 97.1 Å². The summed E-state index contributed by atoms with van der Waals surface area (Å²) in [6, 6.07) is 38.0. The molecule has 0 aliphatic heterocycles. The average molecular weight is 633 g/mol. The fourth-order valence-electron chi connectivity index (χ4n) is 7.71. The molecule has 0 bridgehead atoms. The highest BCUT2D eigenvalue weighted by Crippen LogP contribution is 2.37. The molecule has 2 aromatic heterocycles. The molecule has 0 unspecified atom stereocenters. The second-order valence-electron chi connectivity index (χ2n) is 14.0. The van der Waals surface area contributed by atoms with Gasteiger partial charge in [-0.2, -0.15) is 0 Å². The first kappa shape index (κ1) is 32.3. The van der Waals surface area contributed by atoms with Gasteiger partial charge in [-0.25, -0.2) is 0 Å². The van der Waals surface area contributed by atoms with E-state index < -0.39 is 0 Å². The predicted molar refractivity (Wildman–Crippen MR) is 210 cm³/mol. The Labute approximate surface area is 287 Å². The lowest BCUT2D eigenvalue weighted by molar-refractivity contribution is 0.795. The van der Waals surface area contributed by atoms with E-state index in [9.17, 15) is 0 Å². The van der Waals surface area contributed by atoms with Crippen molar-refractivity contribution in [3.05, 3.63) is 119 Å². The minimum Gasteiger partial charge on any atom is -0.309 e. The number of nitrogens with zero attached hydrogens (tertiary/aromatic N) is 2. The molecule has 0 amide bonds. The normalized spacial score (nSPS) is 11.9. The van der Waals surface area contributed by atoms with Crippen LogP contribution >= 0.6 is 0 Å². The molecule has 246 valence electrons. The van der Waals surface area contributed by atoms with Crippen LogP contribution in [-0.2, 0) is 25.7 Å². The summed E-state index contributed by atoms with van der Waals surface area (Å²) in [4.78, 5) is 0. The van der Waals surface area contributed by atoms with Gasteiger partial charge < -0.3 is 9.13 Å². The van der Waals surface area contributed by atoms with Crippen molar-refractivity contribution < 1.29 is 0 Å². The smallest absolute Gasteiger partial charge is 0.0541 e. The largest absolute Gasteiger partial charge is 0.309 e. The second kappa shape index (κ2) is 14.4. The SMILES string of the molecule is CCCCc1ccc2c(c1)c1cc(CCCC)ccc1n2-c1cccc(-n2c3ccc(CCCC)cc3c3cc(CCCC)ccc32)c1. The topological polar surface area (TPSA) is 9.86 Å². The minimum absolute atomic E-state index is 1.14. The molecule has 7 rings (SSSR count). The van der Waals surface area contributed by atoms with E-state index in [2.05, 4.69) is 134 Å². The summed E-state index contributed by atoms with van der Waals surface area (Å²) in [5.74, 6) is 0. The summed E-state index contributed by atoms with van der Waals surface area (Å²) in [5.41, 5.74) is 13.4. The molecule has 7 aromatic rings. The van der Waals surface area contributed by atoms with Crippen LogP contribution in [0.5, 0.6) is 0 Å². The van der Waals surface area contributed by atoms with E-state index in [1.807, 2.05) is 0 Å². The van der Waals surface area contributed by atoms with E-state index in [4.69, 9.17) is 0 Å². The third-order valence-corrected chi connectivity index (χ3v) is 10.4. The highest BCUT2D eigenvalue weighted by Gasteiger charge is 2.17. The van der Waals surface area contributed by atoms with Gasteiger partial charge in [0.25, 0.3) is 0 Å². The zero-order valence-electron chi connectivity index (χ0n) is 29.6. The Hall–Kier alpha value is -4.30. The van der Waals surface area contributed by atoms with Crippen LogP contribution in [0.25, 0.3) is 55.0 Å². The van der Waals surface area contributed by atoms with Gasteiger partial charge in [0.05, 0.1) is 22.1 Å². The first-order chi connectivity index (χ1) is 23.6. The Morgan fingerprint density at radius 3 is 0.917 bits per heavy atom. The van der Waals surface area contributed by atoms with Crippen molar-refractivity contribution in [2.75, 3.05) is 0 Å². The quantitative estimate of drug-likeness (QED) is 0.113. The molecular formula is C46H52N2. The Kier molecular flexibility index (Phi) is 9.71. The maximum Gasteiger partial charge on any atom is 0.0541 e. The summed E-state index contributed by atoms with van der Waals surface area (Å²) in [6.45, 7) is 9.13. The maximum absolute atomic E-state index is 2.50. The van der Waals surface area contributed by atoms with Crippen molar-refractivity contribution in [2.24, 2.45) is 0 Å². The van der Waals surface area contributed by atoms with Crippen LogP contribution in [0.1, 0.15) is 101 Å². The fourth-order valence-corrected chi connectivity index (χ4v) is 7.71. The molecule has 0 saturated heterocycles. The van der Waals surface area contributed by atoms with Crippen LogP contribution in [0.3, 0.4) is 0 Å². The summed E-state index contributed by atoms with van der Waals surface area (Å²) in [7, 11) is 0. The molecule has 2 heterocycles. The number of hydrogen-bond acceptors (Lipinski definition) is 0. The predicted octanol–water partition coefficient (Wildman–Crippen LogP) is 13.3. The van der Waals surface area contributed by atoms with Crippen molar-refractivity contribution in [3.63, 3.8) is 0 Å². The molecule has 0 atom stereocenters. The minimum atomic E-state index is 1.14. The third kappa shape index (κ3) is 6.18. The number of unbranched alkanes of at least 4 members (excludes halogenated alkanes) is 4. The summed E-state index contributed by atoms with van der Waals surface area (Å²) >= 11 is 0. The summed E-state index contributed by atoms with van der Waals surface area (Å²) < 4.78 is 5.00. The summed E-state index contributed by atoms with van der Waals surface area (Å²) in [6.07, 6.45) is 14.3. The molecule has 2 heteroatoms. The Morgan fingerprint density at radius 2 is 0.646 bits per heavy atom. The Bertz CT molecular complexity index is 1910. The van der Waals surface area contributed by atoms with E-state index >= 15 is 0 Å². The highest BCUT2D eigenvalue weighted by molar-refractivity contribution is 6.11. The number of benzene rings is 5. The number of rotatable bonds is 14. The van der Waals surface area contributed by atoms with E-state index in [0.29, 0.717) is 0 Å². The number of aromatic nitrogens is 2. The lowest BCUT2D eigenvalue weighted by Gasteiger charge is -2.13. The van der Waals surface area contributed by atoms with Gasteiger partial charge in [-0.1, -0.05) is 83.7 Å². The zero-order valence-corrected chi connectivity index (χ0v) is 29.6. The Balaban J connectivity index is 1.41. The number of hydrogen-bond donors (Lipinski definition) is 0. The molecule has 0 saturated carbocycles. The van der Waals surface area contributed by atoms with Crippen LogP contribution < -0.4 is 0 Å². The second-order valence-corrected chi connectivity index (χ2v) is 14.0. The highest BCUT2D eigenvalue weighted by atomic mass is 15.0. The lowest BCUT2D eigenvalue weighted by atomic mass is 10.0. The van der Waals surface area contributed by atoms with Crippen molar-refractivity contribution in [2.45, 2.75) is 105 Å². The van der Waals surface area contributed by atoms with E-state index in [1.165, 1.54) is 129 Å². The monoisotopic (exact) mass is 632 g/mol. The number of aryl methyl sites for hydroxylation is 4. The van der Waals surface area contributed by atoms with Crippen molar-refractivity contribution in [3.8, 4) is 11.4 Å². The molecule has 0 radical (unpaired) electrons. The van der Waals surface area contributed by atoms with Crippen molar-refractivity contribution in [1.29, 1.82) is 0 Å². The van der Waals surface area contributed by atoms with Crippen LogP contribution in [0.2, 0.25) is 0 Å². The van der Waals surface area contributed by atoms with Gasteiger partial charge in [0.2, 0.25) is 0 Å². The van der Waals surface area contributed by atoms with Crippen molar-refractivity contribution >= 4 is 43.6 Å². The maximum atomic E-state index is 2.50. The molecule has 0 spiro atoms. The van der Waals surface area contributed by atoms with Gasteiger partial charge in [0, 0.05) is 32.9 Å². The molecule has 0 aliphatic rings. The molecule has 48 heavy (non-hydrogen) atoms. The van der Waals surface area contributed by atoms with E-state index in [-0.39, 0.29) is 0 Å². The zero-order chi connectivity index (χ0) is 33.0. The van der Waals surface area contributed by atoms with Crippen LogP contribution in [0.4, 0.5) is 0 Å². The lowest BCUT2D eigenvalue weighted by Crippen LogP contribution is -1.99. The van der Waals surface area contributed by atoms with Crippen LogP contribution in [-0.4, -0.2) is 9.13 Å². The molecule has 5 aromatic carbocycles. The standard InChI is InChI=1S/C46H52N2/c1-5-9-14-33-20-24-43-39(28-33)40-29-34(15-10-6-2)21-25-44(40)47(43)37-18-13-19-38(32-37)48-45-26-22-35(16-11-7-3)30-41(45)42-31-36(17-12-8-4)23-27-46(42)48/h13,18-32H,5-12,14-17H2,1-4H3. The third-order valence-electron chi connectivity index (χ3n) is 10.4. The molecule has 0 N–H and O–H groups in total. The van der Waals surface area contributed by atoms with Gasteiger partial charge in [-0.3, -0.25) is 0 Å².